The van der Waals surface area contributed by atoms with E-state index in [1.54, 1.807) is 6.92 Å². The van der Waals surface area contributed by atoms with E-state index >= 15 is 4.79 Å². The maximum absolute atomic E-state index is 15.9. The number of carbonyl (C=O) groups excluding carboxylic acids is 2. The molecule has 578 valence electrons. The quantitative estimate of drug-likeness (QED) is 0.0376. The number of aliphatic carboxylic acids is 2. The van der Waals surface area contributed by atoms with Crippen molar-refractivity contribution in [1.82, 2.24) is 0 Å². The fourth-order valence-corrected chi connectivity index (χ4v) is 18.7. The zero-order valence-electron chi connectivity index (χ0n) is 57.3. The number of hydrogen-bond acceptors (Lipinski definition) is 33. The molecule has 36 atom stereocenters. The first-order valence-electron chi connectivity index (χ1n) is 34.6. The molecule has 0 aromatic carbocycles. The topological polar surface area (TPSA) is 574 Å². The molecule has 0 spiro atoms. The van der Waals surface area contributed by atoms with Crippen LogP contribution in [0, 0.1) is 50.2 Å². The number of allylic oxidation sites excluding steroid dienone is 2. The number of ether oxygens (including phenoxy) is 11. The third-order valence-electron chi connectivity index (χ3n) is 24.9. The average molecular weight is 1460 g/mol. The third kappa shape index (κ3) is 14.4. The molecule has 4 saturated carbocycles. The van der Waals surface area contributed by atoms with Crippen molar-refractivity contribution in [3.63, 3.8) is 0 Å². The number of carbonyl (C=O) groups is 4. The Morgan fingerprint density at radius 3 is 1.59 bits per heavy atom. The number of carboxylic acid groups (broad SMARTS) is 2. The molecule has 5 saturated heterocycles. The van der Waals surface area contributed by atoms with Gasteiger partial charge in [-0.3, -0.25) is 19.2 Å². The molecule has 0 aromatic rings. The van der Waals surface area contributed by atoms with Crippen molar-refractivity contribution in [1.29, 1.82) is 0 Å². The summed E-state index contributed by atoms with van der Waals surface area (Å²) in [5, 5.41) is 221. The van der Waals surface area contributed by atoms with Crippen LogP contribution in [-0.2, 0) is 71.3 Å². The van der Waals surface area contributed by atoms with E-state index in [9.17, 15) is 117 Å². The molecular formula is C66H104O35. The van der Waals surface area contributed by atoms with Crippen molar-refractivity contribution in [3.05, 3.63) is 11.6 Å². The highest BCUT2D eigenvalue weighted by molar-refractivity contribution is 5.80. The Labute approximate surface area is 580 Å². The van der Waals surface area contributed by atoms with Crippen LogP contribution in [0.1, 0.15) is 119 Å². The second-order valence-electron chi connectivity index (χ2n) is 31.8. The van der Waals surface area contributed by atoms with Crippen molar-refractivity contribution in [2.75, 3.05) is 33.0 Å². The molecule has 35 heteroatoms. The number of rotatable bonds is 21. The van der Waals surface area contributed by atoms with E-state index in [2.05, 4.69) is 26.8 Å². The van der Waals surface area contributed by atoms with Crippen LogP contribution in [-0.4, -0.2) is 330 Å². The predicted octanol–water partition coefficient (Wildman–Crippen LogP) is -6.01. The van der Waals surface area contributed by atoms with Crippen molar-refractivity contribution >= 4 is 23.9 Å². The number of aliphatic hydroxyl groups excluding tert-OH is 17. The van der Waals surface area contributed by atoms with Gasteiger partial charge >= 0.3 is 23.9 Å². The lowest BCUT2D eigenvalue weighted by Gasteiger charge is -2.71. The lowest BCUT2D eigenvalue weighted by atomic mass is 9.33. The van der Waals surface area contributed by atoms with Gasteiger partial charge in [0.15, 0.2) is 25.2 Å². The van der Waals surface area contributed by atoms with Crippen LogP contribution in [0.3, 0.4) is 0 Å². The minimum atomic E-state index is -2.38. The van der Waals surface area contributed by atoms with E-state index in [-0.39, 0.29) is 25.2 Å². The summed E-state index contributed by atoms with van der Waals surface area (Å²) in [6.07, 6.45) is -50.2. The average Bonchev–Trinajstić information content (AvgIpc) is 0.670. The van der Waals surface area contributed by atoms with Gasteiger partial charge in [0.2, 0.25) is 6.29 Å². The molecule has 5 heterocycles. The summed E-state index contributed by atoms with van der Waals surface area (Å²) in [4.78, 5) is 53.1. The molecule has 0 aromatic heterocycles. The Bertz CT molecular complexity index is 2950. The summed E-state index contributed by atoms with van der Waals surface area (Å²) in [6.45, 7) is 8.34. The van der Waals surface area contributed by atoms with E-state index in [1.807, 2.05) is 13.8 Å². The summed E-state index contributed by atoms with van der Waals surface area (Å²) in [5.41, 5.74) is -6.90. The maximum Gasteiger partial charge on any atom is 0.317 e. The molecular weight excluding hydrogens is 1350 g/mol. The smallest absolute Gasteiger partial charge is 0.317 e. The molecule has 101 heavy (non-hydrogen) atoms. The first kappa shape index (κ1) is 80.1. The van der Waals surface area contributed by atoms with Gasteiger partial charge < -0.3 is 154 Å². The Morgan fingerprint density at radius 2 is 1.02 bits per heavy atom. The summed E-state index contributed by atoms with van der Waals surface area (Å²) < 4.78 is 64.3. The molecule has 10 aliphatic rings. The van der Waals surface area contributed by atoms with Crippen molar-refractivity contribution in [2.45, 2.75) is 290 Å². The molecule has 0 bridgehead atoms. The van der Waals surface area contributed by atoms with Crippen molar-refractivity contribution in [2.24, 2.45) is 50.2 Å². The number of carboxylic acids is 2. The van der Waals surface area contributed by atoms with Crippen LogP contribution in [0.25, 0.3) is 0 Å². The van der Waals surface area contributed by atoms with Gasteiger partial charge in [0, 0.05) is 0 Å². The Kier molecular flexibility index (Phi) is 23.7. The van der Waals surface area contributed by atoms with E-state index in [0.717, 1.165) is 12.5 Å². The summed E-state index contributed by atoms with van der Waals surface area (Å²) in [7, 11) is 0. The van der Waals surface area contributed by atoms with Gasteiger partial charge in [-0.15, -0.1) is 0 Å². The summed E-state index contributed by atoms with van der Waals surface area (Å²) in [5.74, 6) is -6.07. The second kappa shape index (κ2) is 29.9. The molecule has 0 radical (unpaired) electrons. The normalized spacial score (nSPS) is 50.4. The molecule has 0 amide bonds. The Hall–Kier alpha value is -3.46. The second-order valence-corrected chi connectivity index (χ2v) is 31.8. The van der Waals surface area contributed by atoms with Crippen LogP contribution in [0.4, 0.5) is 0 Å². The van der Waals surface area contributed by atoms with Gasteiger partial charge in [0.05, 0.1) is 62.5 Å². The Morgan fingerprint density at radius 1 is 0.515 bits per heavy atom. The number of fused-ring (bicyclic) bond motifs is 7. The van der Waals surface area contributed by atoms with Gasteiger partial charge in [-0.2, -0.15) is 0 Å². The fraction of sp³-hybridized carbons (Fsp3) is 0.909. The van der Waals surface area contributed by atoms with Gasteiger partial charge in [-0.25, -0.2) is 0 Å². The highest BCUT2D eigenvalue weighted by Crippen LogP contribution is 2.76. The maximum atomic E-state index is 15.9. The van der Waals surface area contributed by atoms with Crippen LogP contribution in [0.15, 0.2) is 11.6 Å². The molecule has 9 fully saturated rings. The van der Waals surface area contributed by atoms with Crippen molar-refractivity contribution in [3.8, 4) is 0 Å². The molecule has 36 unspecified atom stereocenters. The Balaban J connectivity index is 0.963. The van der Waals surface area contributed by atoms with E-state index in [1.165, 1.54) is 0 Å². The highest BCUT2D eigenvalue weighted by Gasteiger charge is 2.73. The lowest BCUT2D eigenvalue weighted by molar-refractivity contribution is -0.385. The largest absolute Gasteiger partial charge is 0.481 e. The summed E-state index contributed by atoms with van der Waals surface area (Å²) >= 11 is 0. The SMILES string of the molecule is CC1(C)CCC2(C(=O)OC3OC(COC4OC(COC(=O)CC(C)(O)CC(=O)O)C(O)C(O)C4O)C(O)C(OC4OC(COC5OC(CO)C(O)C(O)C5O)C(OC5OC(CO)C(O)C(O)C5O)C(O)C4O)C3O)C(O)CC3(C)C(=CCC4C5(C)CCC(O)C(C)(C(=O)O)C5CCC43C)C2C1. The van der Waals surface area contributed by atoms with E-state index in [4.69, 9.17) is 52.1 Å². The minimum absolute atomic E-state index is 0.00398. The van der Waals surface area contributed by atoms with Crippen LogP contribution in [0.2, 0.25) is 0 Å². The number of esters is 2. The van der Waals surface area contributed by atoms with E-state index in [0.29, 0.717) is 38.5 Å². The van der Waals surface area contributed by atoms with Crippen LogP contribution in [0.5, 0.6) is 0 Å². The zero-order valence-corrected chi connectivity index (χ0v) is 57.3. The summed E-state index contributed by atoms with van der Waals surface area (Å²) in [6, 6.07) is 0. The van der Waals surface area contributed by atoms with E-state index < -0.39 is 285 Å². The lowest BCUT2D eigenvalue weighted by Crippen LogP contribution is -2.69. The highest BCUT2D eigenvalue weighted by atomic mass is 16.8. The number of hydrogen-bond donors (Lipinski definition) is 20. The molecule has 20 N–H and O–H groups in total. The van der Waals surface area contributed by atoms with Gasteiger partial charge in [0.1, 0.15) is 134 Å². The van der Waals surface area contributed by atoms with Gasteiger partial charge in [-0.05, 0) is 111 Å². The molecule has 5 aliphatic heterocycles. The zero-order chi connectivity index (χ0) is 74.5. The third-order valence-corrected chi connectivity index (χ3v) is 24.9. The van der Waals surface area contributed by atoms with Crippen molar-refractivity contribution < 1.29 is 173 Å². The van der Waals surface area contributed by atoms with Crippen LogP contribution < -0.4 is 0 Å². The number of aliphatic hydroxyl groups is 18. The predicted molar refractivity (Wildman–Crippen MR) is 330 cm³/mol. The monoisotopic (exact) mass is 1460 g/mol. The minimum Gasteiger partial charge on any atom is -0.481 e. The van der Waals surface area contributed by atoms with Gasteiger partial charge in [-0.1, -0.05) is 46.3 Å². The molecule has 10 rings (SSSR count). The molecule has 5 aliphatic carbocycles. The standard InChI is InChI=1S/C66H104O35/c1-60(2)14-15-66(26(16-60)25-8-9-32-62(4)12-11-34(69)65(7,58(87)88)33(62)10-13-63(32,5)64(25,6)17-35(66)70)59(89)101-57-50(86)52(41(77)30(97-57)23-92-54-47(83)44(80)40(76)29(96-54)22-91-37(73)19-61(3,90)18-36(71)72)100-56-49(85)45(81)51(99-55-48(84)43(79)39(75)28(21-68)95-55)31(98-56)24-93-53-46(82)42(78)38(74)27(20-67)94-53/h8,26-35,38-57,67-70,74-86,90H,9-24H2,1-7H3,(H,71,72)(H,87,88). The fourth-order valence-electron chi connectivity index (χ4n) is 18.7. The first-order chi connectivity index (χ1) is 47.1. The molecule has 35 nitrogen and oxygen atoms in total. The van der Waals surface area contributed by atoms with Gasteiger partial charge in [0.25, 0.3) is 0 Å². The first-order valence-corrected chi connectivity index (χ1v) is 34.6. The van der Waals surface area contributed by atoms with Crippen LogP contribution >= 0.6 is 0 Å².